The summed E-state index contributed by atoms with van der Waals surface area (Å²) in [5.74, 6) is -0.183. The molecule has 4 nitrogen and oxygen atoms in total. The highest BCUT2D eigenvalue weighted by Gasteiger charge is 2.22. The summed E-state index contributed by atoms with van der Waals surface area (Å²) < 4.78 is 0. The minimum absolute atomic E-state index is 0.0517. The Morgan fingerprint density at radius 2 is 1.73 bits per heavy atom. The summed E-state index contributed by atoms with van der Waals surface area (Å²) in [7, 11) is 0. The maximum absolute atomic E-state index is 13.1. The monoisotopic (exact) mass is 458 g/mol. The summed E-state index contributed by atoms with van der Waals surface area (Å²) in [6.45, 7) is 0.588. The number of carbonyl (C=O) groups excluding carboxylic acids is 2. The molecule has 0 aliphatic carbocycles. The first-order valence-electron chi connectivity index (χ1n) is 11.3. The van der Waals surface area contributed by atoms with E-state index in [0.29, 0.717) is 30.0 Å². The molecule has 3 aromatic carbocycles. The molecule has 1 atom stereocenters. The van der Waals surface area contributed by atoms with Crippen molar-refractivity contribution < 1.29 is 9.59 Å². The summed E-state index contributed by atoms with van der Waals surface area (Å²) >= 11 is 6.01. The Morgan fingerprint density at radius 3 is 2.52 bits per heavy atom. The molecule has 0 fully saturated rings. The Hall–Kier alpha value is -3.24. The maximum atomic E-state index is 13.1. The van der Waals surface area contributed by atoms with E-state index in [2.05, 4.69) is 22.4 Å². The van der Waals surface area contributed by atoms with Gasteiger partial charge in [-0.3, -0.25) is 14.6 Å². The van der Waals surface area contributed by atoms with Gasteiger partial charge in [0.05, 0.1) is 12.6 Å². The molecule has 1 heterocycles. The molecule has 0 saturated heterocycles. The lowest BCUT2D eigenvalue weighted by Crippen LogP contribution is -2.42. The van der Waals surface area contributed by atoms with E-state index in [0.717, 1.165) is 36.0 Å². The van der Waals surface area contributed by atoms with Crippen LogP contribution in [0.25, 0.3) is 0 Å². The molecule has 3 aromatic rings. The zero-order valence-corrected chi connectivity index (χ0v) is 19.2. The van der Waals surface area contributed by atoms with E-state index in [1.165, 1.54) is 5.56 Å². The highest BCUT2D eigenvalue weighted by Crippen LogP contribution is 2.18. The molecule has 33 heavy (non-hydrogen) atoms. The molecule has 5 heteroatoms. The first-order valence-corrected chi connectivity index (χ1v) is 11.7. The van der Waals surface area contributed by atoms with E-state index in [-0.39, 0.29) is 11.7 Å². The zero-order chi connectivity index (χ0) is 23.0. The van der Waals surface area contributed by atoms with Crippen molar-refractivity contribution in [1.29, 1.82) is 0 Å². The number of rotatable bonds is 10. The number of benzene rings is 3. The summed E-state index contributed by atoms with van der Waals surface area (Å²) in [6, 6.07) is 22.7. The topological polar surface area (TPSA) is 58.5 Å². The fraction of sp³-hybridized carbons (Fsp3) is 0.250. The van der Waals surface area contributed by atoms with Gasteiger partial charge in [-0.25, -0.2) is 0 Å². The van der Waals surface area contributed by atoms with Gasteiger partial charge in [0, 0.05) is 23.2 Å². The molecule has 1 aliphatic heterocycles. The lowest BCUT2D eigenvalue weighted by atomic mass is 9.97. The van der Waals surface area contributed by atoms with Crippen molar-refractivity contribution in [3.05, 3.63) is 106 Å². The van der Waals surface area contributed by atoms with Crippen molar-refractivity contribution in [2.45, 2.75) is 44.7 Å². The lowest BCUT2D eigenvalue weighted by molar-refractivity contribution is -0.121. The van der Waals surface area contributed by atoms with Gasteiger partial charge in [-0.1, -0.05) is 60.1 Å². The molecule has 1 aliphatic rings. The Morgan fingerprint density at radius 1 is 0.939 bits per heavy atom. The number of Topliss-reactive ketones (excluding diaryl/α,β-unsaturated/α-hetero) is 1. The van der Waals surface area contributed by atoms with E-state index in [1.54, 1.807) is 18.2 Å². The van der Waals surface area contributed by atoms with Gasteiger partial charge in [0.25, 0.3) is 5.91 Å². The predicted molar refractivity (Wildman–Crippen MR) is 133 cm³/mol. The lowest BCUT2D eigenvalue weighted by Gasteiger charge is -2.18. The van der Waals surface area contributed by atoms with Gasteiger partial charge < -0.3 is 5.32 Å². The third-order valence-corrected chi connectivity index (χ3v) is 6.18. The van der Waals surface area contributed by atoms with Gasteiger partial charge in [-0.15, -0.1) is 0 Å². The fourth-order valence-corrected chi connectivity index (χ4v) is 4.17. The maximum Gasteiger partial charge on any atom is 0.251 e. The van der Waals surface area contributed by atoms with Gasteiger partial charge in [0.1, 0.15) is 0 Å². The quantitative estimate of drug-likeness (QED) is 0.402. The van der Waals surface area contributed by atoms with Crippen LogP contribution in [0.15, 0.2) is 77.8 Å². The number of amides is 1. The van der Waals surface area contributed by atoms with Crippen LogP contribution in [0.5, 0.6) is 0 Å². The average molecular weight is 459 g/mol. The number of aryl methyl sites for hydroxylation is 1. The van der Waals surface area contributed by atoms with Gasteiger partial charge in [-0.2, -0.15) is 0 Å². The first kappa shape index (κ1) is 22.9. The SMILES string of the molecule is O=C(N[C@@H](Cc1ccc(Cl)cc1)C(=O)CCCCc1ccccc1)c1ccc2c(c1)CN=C2. The molecule has 0 aromatic heterocycles. The van der Waals surface area contributed by atoms with Crippen molar-refractivity contribution >= 4 is 29.5 Å². The molecule has 168 valence electrons. The highest BCUT2D eigenvalue weighted by atomic mass is 35.5. The molecule has 1 N–H and O–H groups in total. The summed E-state index contributed by atoms with van der Waals surface area (Å²) in [5, 5.41) is 3.63. The number of hydrogen-bond acceptors (Lipinski definition) is 3. The van der Waals surface area contributed by atoms with Crippen LogP contribution in [0, 0.1) is 0 Å². The van der Waals surface area contributed by atoms with Crippen LogP contribution in [0.1, 0.15) is 51.9 Å². The highest BCUT2D eigenvalue weighted by molar-refractivity contribution is 6.30. The molecule has 0 spiro atoms. The van der Waals surface area contributed by atoms with Gasteiger partial charge in [0.15, 0.2) is 5.78 Å². The van der Waals surface area contributed by atoms with Crippen molar-refractivity contribution in [2.75, 3.05) is 0 Å². The van der Waals surface area contributed by atoms with Gasteiger partial charge in [-0.05, 0) is 72.2 Å². The van der Waals surface area contributed by atoms with Crippen LogP contribution >= 0.6 is 11.6 Å². The van der Waals surface area contributed by atoms with Crippen molar-refractivity contribution in [2.24, 2.45) is 4.99 Å². The second kappa shape index (κ2) is 11.1. The summed E-state index contributed by atoms with van der Waals surface area (Å²) in [6.07, 6.45) is 5.36. The number of nitrogens with one attached hydrogen (secondary N) is 1. The molecule has 4 rings (SSSR count). The fourth-order valence-electron chi connectivity index (χ4n) is 4.04. The molecule has 0 saturated carbocycles. The van der Waals surface area contributed by atoms with Crippen LogP contribution in [-0.4, -0.2) is 23.9 Å². The number of carbonyl (C=O) groups is 2. The molecule has 0 unspecified atom stereocenters. The van der Waals surface area contributed by atoms with Crippen LogP contribution in [0.2, 0.25) is 5.02 Å². The number of ketones is 1. The Balaban J connectivity index is 1.40. The number of aliphatic imine (C=N–C) groups is 1. The smallest absolute Gasteiger partial charge is 0.251 e. The summed E-state index contributed by atoms with van der Waals surface area (Å²) in [5.41, 5.74) is 4.86. The molecular weight excluding hydrogens is 432 g/mol. The van der Waals surface area contributed by atoms with E-state index in [1.807, 2.05) is 48.7 Å². The first-order chi connectivity index (χ1) is 16.1. The third-order valence-electron chi connectivity index (χ3n) is 5.93. The number of halogens is 1. The number of unbranched alkanes of at least 4 members (excludes halogenated alkanes) is 1. The van der Waals surface area contributed by atoms with Gasteiger partial charge in [0.2, 0.25) is 0 Å². The second-order valence-corrected chi connectivity index (χ2v) is 8.84. The van der Waals surface area contributed by atoms with E-state index < -0.39 is 6.04 Å². The minimum atomic E-state index is -0.583. The normalized spacial score (nSPS) is 12.9. The van der Waals surface area contributed by atoms with Crippen LogP contribution < -0.4 is 5.32 Å². The number of fused-ring (bicyclic) bond motifs is 1. The number of nitrogens with zero attached hydrogens (tertiary/aromatic N) is 1. The second-order valence-electron chi connectivity index (χ2n) is 8.40. The van der Waals surface area contributed by atoms with E-state index in [4.69, 9.17) is 11.6 Å². The largest absolute Gasteiger partial charge is 0.342 e. The van der Waals surface area contributed by atoms with Crippen molar-refractivity contribution in [1.82, 2.24) is 5.32 Å². The van der Waals surface area contributed by atoms with Crippen LogP contribution in [0.3, 0.4) is 0 Å². The van der Waals surface area contributed by atoms with Crippen molar-refractivity contribution in [3.8, 4) is 0 Å². The molecular formula is C28H27ClN2O2. The zero-order valence-electron chi connectivity index (χ0n) is 18.5. The Kier molecular flexibility index (Phi) is 7.69. The van der Waals surface area contributed by atoms with E-state index in [9.17, 15) is 9.59 Å². The van der Waals surface area contributed by atoms with Crippen LogP contribution in [0.4, 0.5) is 0 Å². The van der Waals surface area contributed by atoms with Gasteiger partial charge >= 0.3 is 0 Å². The number of hydrogen-bond donors (Lipinski definition) is 1. The molecule has 1 amide bonds. The predicted octanol–water partition coefficient (Wildman–Crippen LogP) is 5.60. The molecule has 0 radical (unpaired) electrons. The van der Waals surface area contributed by atoms with Crippen LogP contribution in [-0.2, 0) is 24.2 Å². The Bertz CT molecular complexity index is 1140. The van der Waals surface area contributed by atoms with E-state index >= 15 is 0 Å². The summed E-state index contributed by atoms with van der Waals surface area (Å²) in [4.78, 5) is 30.4. The standard InChI is InChI=1S/C28H27ClN2O2/c29-25-14-10-21(11-15-25)16-26(27(32)9-5-4-8-20-6-2-1-3-7-20)31-28(33)22-12-13-23-18-30-19-24(23)17-22/h1-3,6-7,10-15,17-18,26H,4-5,8-9,16,19H2,(H,31,33)/t26-/m0/s1. The average Bonchev–Trinajstić information content (AvgIpc) is 3.31. The Labute approximate surface area is 199 Å². The third kappa shape index (κ3) is 6.39. The molecule has 0 bridgehead atoms. The minimum Gasteiger partial charge on any atom is -0.342 e. The van der Waals surface area contributed by atoms with Crippen molar-refractivity contribution in [3.63, 3.8) is 0 Å².